The Bertz CT molecular complexity index is 435. The monoisotopic (exact) mass is 260 g/mol. The number of ether oxygens (including phenoxy) is 1. The Balaban J connectivity index is 1.72. The minimum atomic E-state index is 0.638. The van der Waals surface area contributed by atoms with Crippen molar-refractivity contribution in [2.24, 2.45) is 0 Å². The number of piperazine rings is 1. The molecule has 2 aliphatic heterocycles. The zero-order chi connectivity index (χ0) is 13.2. The van der Waals surface area contributed by atoms with E-state index in [9.17, 15) is 0 Å². The number of hydrogen-bond acceptors (Lipinski definition) is 3. The Labute approximate surface area is 116 Å². The van der Waals surface area contributed by atoms with Gasteiger partial charge in [0.1, 0.15) is 5.75 Å². The first-order chi connectivity index (χ1) is 9.28. The second-order valence-electron chi connectivity index (χ2n) is 5.88. The number of benzene rings is 1. The summed E-state index contributed by atoms with van der Waals surface area (Å²) in [7, 11) is 1.76. The van der Waals surface area contributed by atoms with Gasteiger partial charge in [0, 0.05) is 37.3 Å². The Morgan fingerprint density at radius 2 is 2.11 bits per heavy atom. The van der Waals surface area contributed by atoms with Crippen LogP contribution < -0.4 is 4.74 Å². The number of rotatable bonds is 3. The van der Waals surface area contributed by atoms with Gasteiger partial charge in [0.2, 0.25) is 0 Å². The largest absolute Gasteiger partial charge is 0.496 e. The minimum absolute atomic E-state index is 0.638. The summed E-state index contributed by atoms with van der Waals surface area (Å²) in [5.74, 6) is 1.02. The third-order valence-corrected chi connectivity index (χ3v) is 4.63. The molecule has 2 atom stereocenters. The second-order valence-corrected chi connectivity index (χ2v) is 5.88. The smallest absolute Gasteiger partial charge is 0.123 e. The van der Waals surface area contributed by atoms with Crippen LogP contribution in [0.25, 0.3) is 0 Å². The first kappa shape index (κ1) is 12.9. The second kappa shape index (κ2) is 5.51. The summed E-state index contributed by atoms with van der Waals surface area (Å²) < 4.78 is 5.47. The van der Waals surface area contributed by atoms with E-state index in [2.05, 4.69) is 34.9 Å². The Morgan fingerprint density at radius 1 is 1.26 bits per heavy atom. The molecule has 0 spiro atoms. The highest BCUT2D eigenvalue weighted by atomic mass is 16.5. The van der Waals surface area contributed by atoms with Crippen LogP contribution in [0.5, 0.6) is 5.75 Å². The van der Waals surface area contributed by atoms with Crippen LogP contribution in [0.3, 0.4) is 0 Å². The van der Waals surface area contributed by atoms with E-state index in [0.717, 1.165) is 18.3 Å². The van der Waals surface area contributed by atoms with Gasteiger partial charge in [-0.15, -0.1) is 0 Å². The number of methoxy groups -OCH3 is 1. The van der Waals surface area contributed by atoms with Crippen molar-refractivity contribution in [3.05, 3.63) is 29.8 Å². The van der Waals surface area contributed by atoms with E-state index in [4.69, 9.17) is 4.74 Å². The van der Waals surface area contributed by atoms with Crippen LogP contribution in [-0.4, -0.2) is 48.6 Å². The maximum Gasteiger partial charge on any atom is 0.123 e. The summed E-state index contributed by atoms with van der Waals surface area (Å²) >= 11 is 0. The molecule has 0 N–H and O–H groups in total. The maximum absolute atomic E-state index is 5.47. The molecule has 3 heteroatoms. The summed E-state index contributed by atoms with van der Waals surface area (Å²) in [6, 6.07) is 9.82. The van der Waals surface area contributed by atoms with Crippen molar-refractivity contribution < 1.29 is 4.74 Å². The van der Waals surface area contributed by atoms with Crippen molar-refractivity contribution in [2.75, 3.05) is 26.7 Å². The fourth-order valence-corrected chi connectivity index (χ4v) is 3.52. The number of nitrogens with zero attached hydrogens (tertiary/aromatic N) is 2. The minimum Gasteiger partial charge on any atom is -0.496 e. The lowest BCUT2D eigenvalue weighted by Crippen LogP contribution is -2.54. The molecule has 0 saturated carbocycles. The highest BCUT2D eigenvalue weighted by Crippen LogP contribution is 2.27. The standard InChI is InChI=1S/C16H24N2O/c1-13-10-17-9-5-7-15(17)12-18(13)11-14-6-3-4-8-16(14)19-2/h3-4,6,8,13,15H,5,7,9-12H2,1-2H3/t13-,15+/m0/s1. The summed E-state index contributed by atoms with van der Waals surface area (Å²) in [4.78, 5) is 5.29. The molecule has 19 heavy (non-hydrogen) atoms. The molecule has 2 heterocycles. The van der Waals surface area contributed by atoms with Crippen LogP contribution >= 0.6 is 0 Å². The lowest BCUT2D eigenvalue weighted by Gasteiger charge is -2.42. The normalized spacial score (nSPS) is 28.3. The first-order valence-corrected chi connectivity index (χ1v) is 7.38. The van der Waals surface area contributed by atoms with E-state index in [1.807, 2.05) is 6.07 Å². The van der Waals surface area contributed by atoms with E-state index in [-0.39, 0.29) is 0 Å². The Kier molecular flexibility index (Phi) is 3.76. The molecule has 3 rings (SSSR count). The topological polar surface area (TPSA) is 15.7 Å². The van der Waals surface area contributed by atoms with Gasteiger partial charge in [-0.3, -0.25) is 9.80 Å². The predicted octanol–water partition coefficient (Wildman–Crippen LogP) is 2.36. The zero-order valence-electron chi connectivity index (χ0n) is 12.0. The lowest BCUT2D eigenvalue weighted by molar-refractivity contribution is 0.0535. The number of fused-ring (bicyclic) bond motifs is 1. The fraction of sp³-hybridized carbons (Fsp3) is 0.625. The summed E-state index contributed by atoms with van der Waals surface area (Å²) in [6.07, 6.45) is 2.75. The Hall–Kier alpha value is -1.06. The molecule has 0 radical (unpaired) electrons. The van der Waals surface area contributed by atoms with E-state index in [1.54, 1.807) is 7.11 Å². The molecule has 1 aromatic carbocycles. The van der Waals surface area contributed by atoms with Gasteiger partial charge in [-0.05, 0) is 32.4 Å². The molecule has 0 aromatic heterocycles. The molecule has 2 aliphatic rings. The van der Waals surface area contributed by atoms with E-state index < -0.39 is 0 Å². The van der Waals surface area contributed by atoms with Crippen molar-refractivity contribution in [1.29, 1.82) is 0 Å². The van der Waals surface area contributed by atoms with Gasteiger partial charge in [-0.25, -0.2) is 0 Å². The van der Waals surface area contributed by atoms with Crippen LogP contribution in [-0.2, 0) is 6.54 Å². The van der Waals surface area contributed by atoms with E-state index in [1.165, 1.54) is 38.0 Å². The number of para-hydroxylation sites is 1. The molecule has 2 saturated heterocycles. The molecule has 104 valence electrons. The average molecular weight is 260 g/mol. The van der Waals surface area contributed by atoms with Crippen LogP contribution in [0.2, 0.25) is 0 Å². The third-order valence-electron chi connectivity index (χ3n) is 4.63. The van der Waals surface area contributed by atoms with Gasteiger partial charge in [-0.1, -0.05) is 18.2 Å². The molecular weight excluding hydrogens is 236 g/mol. The van der Waals surface area contributed by atoms with Gasteiger partial charge in [0.05, 0.1) is 7.11 Å². The molecule has 0 aliphatic carbocycles. The van der Waals surface area contributed by atoms with Gasteiger partial charge in [0.25, 0.3) is 0 Å². The quantitative estimate of drug-likeness (QED) is 0.830. The molecule has 1 aromatic rings. The zero-order valence-corrected chi connectivity index (χ0v) is 12.0. The molecule has 0 amide bonds. The Morgan fingerprint density at radius 3 is 2.95 bits per heavy atom. The first-order valence-electron chi connectivity index (χ1n) is 7.38. The van der Waals surface area contributed by atoms with Gasteiger partial charge in [-0.2, -0.15) is 0 Å². The number of hydrogen-bond donors (Lipinski definition) is 0. The van der Waals surface area contributed by atoms with E-state index in [0.29, 0.717) is 6.04 Å². The predicted molar refractivity (Wildman–Crippen MR) is 77.5 cm³/mol. The molecule has 3 nitrogen and oxygen atoms in total. The molecule has 0 unspecified atom stereocenters. The average Bonchev–Trinajstić information content (AvgIpc) is 2.87. The highest BCUT2D eigenvalue weighted by Gasteiger charge is 2.34. The maximum atomic E-state index is 5.47. The molecule has 2 fully saturated rings. The third kappa shape index (κ3) is 2.63. The molecular formula is C16H24N2O. The lowest BCUT2D eigenvalue weighted by atomic mass is 10.1. The van der Waals surface area contributed by atoms with Crippen LogP contribution in [0, 0.1) is 0 Å². The van der Waals surface area contributed by atoms with E-state index >= 15 is 0 Å². The van der Waals surface area contributed by atoms with Crippen molar-refractivity contribution in [3.8, 4) is 5.75 Å². The van der Waals surface area contributed by atoms with Gasteiger partial charge < -0.3 is 4.74 Å². The summed E-state index contributed by atoms with van der Waals surface area (Å²) in [5, 5.41) is 0. The van der Waals surface area contributed by atoms with Crippen LogP contribution in [0.4, 0.5) is 0 Å². The van der Waals surface area contributed by atoms with Crippen molar-refractivity contribution in [1.82, 2.24) is 9.80 Å². The summed E-state index contributed by atoms with van der Waals surface area (Å²) in [6.45, 7) is 7.09. The fourth-order valence-electron chi connectivity index (χ4n) is 3.52. The summed E-state index contributed by atoms with van der Waals surface area (Å²) in [5.41, 5.74) is 1.31. The van der Waals surface area contributed by atoms with Crippen molar-refractivity contribution in [2.45, 2.75) is 38.4 Å². The molecule has 0 bridgehead atoms. The SMILES string of the molecule is COc1ccccc1CN1C[C@H]2CCCN2C[C@@H]1C. The van der Waals surface area contributed by atoms with Crippen molar-refractivity contribution >= 4 is 0 Å². The van der Waals surface area contributed by atoms with Gasteiger partial charge >= 0.3 is 0 Å². The van der Waals surface area contributed by atoms with Gasteiger partial charge in [0.15, 0.2) is 0 Å². The van der Waals surface area contributed by atoms with Crippen molar-refractivity contribution in [3.63, 3.8) is 0 Å². The van der Waals surface area contributed by atoms with Crippen LogP contribution in [0.1, 0.15) is 25.3 Å². The van der Waals surface area contributed by atoms with Crippen LogP contribution in [0.15, 0.2) is 24.3 Å². The highest BCUT2D eigenvalue weighted by molar-refractivity contribution is 5.33.